The van der Waals surface area contributed by atoms with E-state index in [0.29, 0.717) is 0 Å². The van der Waals surface area contributed by atoms with E-state index in [9.17, 15) is 13.2 Å². The summed E-state index contributed by atoms with van der Waals surface area (Å²) in [5.41, 5.74) is 0. The van der Waals surface area contributed by atoms with Crippen LogP contribution < -0.4 is 0 Å². The van der Waals surface area contributed by atoms with Crippen LogP contribution in [0.5, 0.6) is 0 Å². The van der Waals surface area contributed by atoms with Crippen LogP contribution in [0.4, 0.5) is 0 Å². The third-order valence-electron chi connectivity index (χ3n) is 2.66. The quantitative estimate of drug-likeness (QED) is 0.877. The first-order valence-electron chi connectivity index (χ1n) is 5.22. The standard InChI is InChI=1S/C10H12N2O4S2/c1-7-12(9(6-17-7)10(13)14)18(15,16)8-3-2-4-11-5-8/h2-5,7,9H,6H2,1H3,(H,13,14). The van der Waals surface area contributed by atoms with Crippen LogP contribution in [-0.4, -0.2) is 46.0 Å². The maximum Gasteiger partial charge on any atom is 0.322 e. The number of pyridine rings is 1. The Morgan fingerprint density at radius 2 is 2.33 bits per heavy atom. The maximum absolute atomic E-state index is 12.4. The van der Waals surface area contributed by atoms with E-state index in [-0.39, 0.29) is 10.6 Å². The average Bonchev–Trinajstić information content (AvgIpc) is 2.73. The summed E-state index contributed by atoms with van der Waals surface area (Å²) >= 11 is 1.31. The van der Waals surface area contributed by atoms with Crippen molar-refractivity contribution in [2.45, 2.75) is 23.2 Å². The summed E-state index contributed by atoms with van der Waals surface area (Å²) in [6.07, 6.45) is 2.69. The van der Waals surface area contributed by atoms with Gasteiger partial charge in [0.1, 0.15) is 10.9 Å². The molecule has 1 fully saturated rings. The highest BCUT2D eigenvalue weighted by atomic mass is 32.2. The molecule has 1 N–H and O–H groups in total. The van der Waals surface area contributed by atoms with Crippen LogP contribution in [-0.2, 0) is 14.8 Å². The summed E-state index contributed by atoms with van der Waals surface area (Å²) in [4.78, 5) is 14.9. The zero-order valence-electron chi connectivity index (χ0n) is 9.55. The van der Waals surface area contributed by atoms with Gasteiger partial charge in [0.25, 0.3) is 0 Å². The minimum absolute atomic E-state index is 0.0191. The lowest BCUT2D eigenvalue weighted by Crippen LogP contribution is -2.44. The van der Waals surface area contributed by atoms with Gasteiger partial charge in [-0.3, -0.25) is 9.78 Å². The monoisotopic (exact) mass is 288 g/mol. The number of hydrogen-bond donors (Lipinski definition) is 1. The number of nitrogens with zero attached hydrogens (tertiary/aromatic N) is 2. The number of carboxylic acid groups (broad SMARTS) is 1. The molecule has 2 rings (SSSR count). The number of hydrogen-bond acceptors (Lipinski definition) is 5. The number of carboxylic acids is 1. The topological polar surface area (TPSA) is 87.6 Å². The summed E-state index contributed by atoms with van der Waals surface area (Å²) in [5.74, 6) is -0.866. The fraction of sp³-hybridized carbons (Fsp3) is 0.400. The Kier molecular flexibility index (Phi) is 3.60. The first kappa shape index (κ1) is 13.3. The molecule has 1 aromatic rings. The number of carbonyl (C=O) groups is 1. The molecular formula is C10H12N2O4S2. The smallest absolute Gasteiger partial charge is 0.322 e. The van der Waals surface area contributed by atoms with Crippen molar-refractivity contribution in [1.29, 1.82) is 0 Å². The van der Waals surface area contributed by atoms with E-state index in [2.05, 4.69) is 4.98 Å². The highest BCUT2D eigenvalue weighted by molar-refractivity contribution is 8.01. The molecule has 1 aliphatic rings. The molecule has 0 bridgehead atoms. The third kappa shape index (κ3) is 2.23. The van der Waals surface area contributed by atoms with Gasteiger partial charge < -0.3 is 5.11 Å². The van der Waals surface area contributed by atoms with Gasteiger partial charge in [0.15, 0.2) is 0 Å². The third-order valence-corrected chi connectivity index (χ3v) is 5.97. The van der Waals surface area contributed by atoms with Gasteiger partial charge in [-0.2, -0.15) is 4.31 Å². The van der Waals surface area contributed by atoms with Crippen LogP contribution in [0.1, 0.15) is 6.92 Å². The molecule has 1 aromatic heterocycles. The molecule has 0 saturated carbocycles. The molecule has 98 valence electrons. The van der Waals surface area contributed by atoms with E-state index in [1.165, 1.54) is 36.3 Å². The fourth-order valence-electron chi connectivity index (χ4n) is 1.80. The molecule has 2 unspecified atom stereocenters. The van der Waals surface area contributed by atoms with Gasteiger partial charge in [0.05, 0.1) is 5.37 Å². The zero-order valence-corrected chi connectivity index (χ0v) is 11.2. The minimum atomic E-state index is -3.81. The minimum Gasteiger partial charge on any atom is -0.480 e. The molecule has 1 aliphatic heterocycles. The lowest BCUT2D eigenvalue weighted by atomic mass is 10.3. The molecule has 0 spiro atoms. The zero-order chi connectivity index (χ0) is 13.3. The van der Waals surface area contributed by atoms with Gasteiger partial charge in [-0.15, -0.1) is 11.8 Å². The van der Waals surface area contributed by atoms with Crippen LogP contribution >= 0.6 is 11.8 Å². The largest absolute Gasteiger partial charge is 0.480 e. The Bertz CT molecular complexity index is 546. The van der Waals surface area contributed by atoms with E-state index in [1.54, 1.807) is 6.92 Å². The number of rotatable bonds is 3. The molecule has 0 aromatic carbocycles. The lowest BCUT2D eigenvalue weighted by molar-refractivity contribution is -0.140. The first-order chi connectivity index (χ1) is 8.44. The van der Waals surface area contributed by atoms with Crippen LogP contribution in [0.15, 0.2) is 29.4 Å². The first-order valence-corrected chi connectivity index (χ1v) is 7.71. The number of sulfonamides is 1. The summed E-state index contributed by atoms with van der Waals surface area (Å²) in [6, 6.07) is 1.91. The van der Waals surface area contributed by atoms with Gasteiger partial charge in [-0.1, -0.05) is 0 Å². The molecule has 0 radical (unpaired) electrons. The van der Waals surface area contributed by atoms with E-state index in [4.69, 9.17) is 5.11 Å². The second-order valence-electron chi connectivity index (χ2n) is 3.81. The van der Waals surface area contributed by atoms with E-state index >= 15 is 0 Å². The second kappa shape index (κ2) is 4.87. The molecular weight excluding hydrogens is 276 g/mol. The summed E-state index contributed by atoms with van der Waals surface area (Å²) in [5, 5.41) is 8.68. The molecule has 0 aliphatic carbocycles. The number of thioether (sulfide) groups is 1. The Hall–Kier alpha value is -1.12. The highest BCUT2D eigenvalue weighted by Gasteiger charge is 2.44. The lowest BCUT2D eigenvalue weighted by Gasteiger charge is -2.23. The Balaban J connectivity index is 2.43. The molecule has 0 amide bonds. The predicted molar refractivity (Wildman–Crippen MR) is 66.6 cm³/mol. The summed E-state index contributed by atoms with van der Waals surface area (Å²) in [7, 11) is -3.81. The maximum atomic E-state index is 12.4. The molecule has 18 heavy (non-hydrogen) atoms. The molecule has 6 nitrogen and oxygen atoms in total. The predicted octanol–water partition coefficient (Wildman–Crippen LogP) is 0.618. The molecule has 2 heterocycles. The van der Waals surface area contributed by atoms with Gasteiger partial charge in [0.2, 0.25) is 10.0 Å². The Labute approximate surface area is 109 Å². The normalized spacial score (nSPS) is 25.2. The summed E-state index contributed by atoms with van der Waals surface area (Å²) in [6.45, 7) is 1.68. The summed E-state index contributed by atoms with van der Waals surface area (Å²) < 4.78 is 25.8. The molecule has 2 atom stereocenters. The van der Waals surface area contributed by atoms with Crippen molar-refractivity contribution in [2.24, 2.45) is 0 Å². The van der Waals surface area contributed by atoms with Gasteiger partial charge >= 0.3 is 5.97 Å². The molecule has 1 saturated heterocycles. The van der Waals surface area contributed by atoms with Crippen molar-refractivity contribution < 1.29 is 18.3 Å². The van der Waals surface area contributed by atoms with Crippen molar-refractivity contribution in [3.63, 3.8) is 0 Å². The van der Waals surface area contributed by atoms with E-state index < -0.39 is 27.4 Å². The van der Waals surface area contributed by atoms with Crippen molar-refractivity contribution in [2.75, 3.05) is 5.75 Å². The van der Waals surface area contributed by atoms with Crippen molar-refractivity contribution in [1.82, 2.24) is 9.29 Å². The Morgan fingerprint density at radius 1 is 1.61 bits per heavy atom. The second-order valence-corrected chi connectivity index (χ2v) is 7.00. The van der Waals surface area contributed by atoms with Gasteiger partial charge in [0, 0.05) is 18.1 Å². The number of aliphatic carboxylic acids is 1. The van der Waals surface area contributed by atoms with E-state index in [0.717, 1.165) is 4.31 Å². The van der Waals surface area contributed by atoms with E-state index in [1.807, 2.05) is 0 Å². The van der Waals surface area contributed by atoms with Gasteiger partial charge in [-0.05, 0) is 19.1 Å². The van der Waals surface area contributed by atoms with Crippen molar-refractivity contribution in [3.05, 3.63) is 24.5 Å². The van der Waals surface area contributed by atoms with Crippen LogP contribution in [0.3, 0.4) is 0 Å². The average molecular weight is 288 g/mol. The Morgan fingerprint density at radius 3 is 2.89 bits per heavy atom. The SMILES string of the molecule is CC1SCC(C(=O)O)N1S(=O)(=O)c1cccnc1. The highest BCUT2D eigenvalue weighted by Crippen LogP contribution is 2.33. The van der Waals surface area contributed by atoms with Crippen LogP contribution in [0.2, 0.25) is 0 Å². The number of aromatic nitrogens is 1. The van der Waals surface area contributed by atoms with Crippen LogP contribution in [0.25, 0.3) is 0 Å². The fourth-order valence-corrected chi connectivity index (χ4v) is 5.05. The van der Waals surface area contributed by atoms with Crippen molar-refractivity contribution >= 4 is 27.8 Å². The van der Waals surface area contributed by atoms with Gasteiger partial charge in [-0.25, -0.2) is 8.42 Å². The molecule has 8 heteroatoms. The van der Waals surface area contributed by atoms with Crippen molar-refractivity contribution in [3.8, 4) is 0 Å². The van der Waals surface area contributed by atoms with Crippen LogP contribution in [0, 0.1) is 0 Å².